The van der Waals surface area contributed by atoms with Crippen molar-refractivity contribution in [1.29, 1.82) is 0 Å². The van der Waals surface area contributed by atoms with Crippen molar-refractivity contribution < 1.29 is 9.53 Å². The lowest BCUT2D eigenvalue weighted by molar-refractivity contribution is 0.0941. The van der Waals surface area contributed by atoms with Gasteiger partial charge in [-0.15, -0.1) is 0 Å². The SMILES string of the molecule is CN1CCC(C2CCN(CCCNC(=O)c3ccc(Oc4ccccc4)cc3)CC2)CC1. The first-order valence-electron chi connectivity index (χ1n) is 12.2. The summed E-state index contributed by atoms with van der Waals surface area (Å²) >= 11 is 0. The summed E-state index contributed by atoms with van der Waals surface area (Å²) in [5.41, 5.74) is 0.671. The number of nitrogens with zero attached hydrogens (tertiary/aromatic N) is 2. The maximum atomic E-state index is 12.4. The van der Waals surface area contributed by atoms with E-state index in [4.69, 9.17) is 4.74 Å². The maximum absolute atomic E-state index is 12.4. The van der Waals surface area contributed by atoms with Crippen LogP contribution in [0.25, 0.3) is 0 Å². The third-order valence-electron chi connectivity index (χ3n) is 7.09. The Labute approximate surface area is 192 Å². The molecule has 1 N–H and O–H groups in total. The number of carbonyl (C=O) groups is 1. The Balaban J connectivity index is 1.11. The normalized spacial score (nSPS) is 19.0. The molecule has 0 bridgehead atoms. The molecule has 0 aromatic heterocycles. The van der Waals surface area contributed by atoms with Gasteiger partial charge in [0.15, 0.2) is 0 Å². The lowest BCUT2D eigenvalue weighted by atomic mass is 9.79. The van der Waals surface area contributed by atoms with E-state index in [2.05, 4.69) is 22.2 Å². The molecule has 172 valence electrons. The molecule has 0 spiro atoms. The summed E-state index contributed by atoms with van der Waals surface area (Å²) in [6, 6.07) is 17.0. The molecule has 2 aromatic rings. The van der Waals surface area contributed by atoms with Crippen molar-refractivity contribution in [2.75, 3.05) is 46.3 Å². The van der Waals surface area contributed by atoms with Crippen molar-refractivity contribution in [3.63, 3.8) is 0 Å². The smallest absolute Gasteiger partial charge is 0.251 e. The van der Waals surface area contributed by atoms with Gasteiger partial charge in [0, 0.05) is 12.1 Å². The molecule has 0 atom stereocenters. The largest absolute Gasteiger partial charge is 0.457 e. The molecule has 5 nitrogen and oxygen atoms in total. The summed E-state index contributed by atoms with van der Waals surface area (Å²) in [7, 11) is 2.24. The second-order valence-corrected chi connectivity index (χ2v) is 9.37. The van der Waals surface area contributed by atoms with E-state index < -0.39 is 0 Å². The van der Waals surface area contributed by atoms with Gasteiger partial charge < -0.3 is 19.9 Å². The van der Waals surface area contributed by atoms with E-state index in [1.165, 1.54) is 51.9 Å². The number of piperidine rings is 2. The zero-order valence-electron chi connectivity index (χ0n) is 19.3. The molecule has 2 heterocycles. The predicted molar refractivity (Wildman–Crippen MR) is 129 cm³/mol. The zero-order chi connectivity index (χ0) is 22.2. The molecule has 2 aliphatic rings. The van der Waals surface area contributed by atoms with Crippen LogP contribution in [0.15, 0.2) is 54.6 Å². The van der Waals surface area contributed by atoms with Crippen LogP contribution in [-0.2, 0) is 0 Å². The number of para-hydroxylation sites is 1. The molecule has 0 unspecified atom stereocenters. The van der Waals surface area contributed by atoms with Crippen molar-refractivity contribution in [3.05, 3.63) is 60.2 Å². The van der Waals surface area contributed by atoms with Crippen molar-refractivity contribution in [1.82, 2.24) is 15.1 Å². The number of carbonyl (C=O) groups excluding carboxylic acids is 1. The Morgan fingerprint density at radius 3 is 2.12 bits per heavy atom. The Morgan fingerprint density at radius 1 is 0.875 bits per heavy atom. The van der Waals surface area contributed by atoms with Gasteiger partial charge in [0.1, 0.15) is 11.5 Å². The van der Waals surface area contributed by atoms with Crippen LogP contribution in [-0.4, -0.2) is 62.0 Å². The summed E-state index contributed by atoms with van der Waals surface area (Å²) in [6.07, 6.45) is 6.45. The number of amides is 1. The lowest BCUT2D eigenvalue weighted by Crippen LogP contribution is -2.40. The highest BCUT2D eigenvalue weighted by atomic mass is 16.5. The van der Waals surface area contributed by atoms with Crippen molar-refractivity contribution in [2.24, 2.45) is 11.8 Å². The van der Waals surface area contributed by atoms with Gasteiger partial charge in [-0.2, -0.15) is 0 Å². The molecule has 2 saturated heterocycles. The molecular weight excluding hydrogens is 398 g/mol. The molecule has 32 heavy (non-hydrogen) atoms. The van der Waals surface area contributed by atoms with Gasteiger partial charge in [0.05, 0.1) is 0 Å². The van der Waals surface area contributed by atoms with Crippen LogP contribution in [0, 0.1) is 11.8 Å². The van der Waals surface area contributed by atoms with Crippen LogP contribution in [0.5, 0.6) is 11.5 Å². The van der Waals surface area contributed by atoms with E-state index in [1.54, 1.807) is 0 Å². The molecule has 2 aliphatic heterocycles. The zero-order valence-corrected chi connectivity index (χ0v) is 19.3. The Kier molecular flexibility index (Phi) is 8.18. The van der Waals surface area contributed by atoms with Crippen molar-refractivity contribution in [3.8, 4) is 11.5 Å². The van der Waals surface area contributed by atoms with Gasteiger partial charge in [0.2, 0.25) is 0 Å². The summed E-state index contributed by atoms with van der Waals surface area (Å²) in [5, 5.41) is 3.06. The Bertz CT molecular complexity index is 824. The van der Waals surface area contributed by atoms with Crippen LogP contribution in [0.2, 0.25) is 0 Å². The Hall–Kier alpha value is -2.37. The number of ether oxygens (including phenoxy) is 1. The summed E-state index contributed by atoms with van der Waals surface area (Å²) in [6.45, 7) is 6.77. The van der Waals surface area contributed by atoms with E-state index >= 15 is 0 Å². The van der Waals surface area contributed by atoms with Crippen LogP contribution >= 0.6 is 0 Å². The van der Waals surface area contributed by atoms with Crippen molar-refractivity contribution in [2.45, 2.75) is 32.1 Å². The van der Waals surface area contributed by atoms with Gasteiger partial charge in [-0.05, 0) is 120 Å². The minimum absolute atomic E-state index is 0.0164. The van der Waals surface area contributed by atoms with Gasteiger partial charge in [0.25, 0.3) is 5.91 Å². The number of benzene rings is 2. The molecule has 1 amide bonds. The number of likely N-dealkylation sites (tertiary alicyclic amines) is 2. The molecule has 4 rings (SSSR count). The fraction of sp³-hybridized carbons (Fsp3) is 0.519. The maximum Gasteiger partial charge on any atom is 0.251 e. The van der Waals surface area contributed by atoms with Crippen LogP contribution < -0.4 is 10.1 Å². The highest BCUT2D eigenvalue weighted by molar-refractivity contribution is 5.94. The molecule has 0 saturated carbocycles. The second-order valence-electron chi connectivity index (χ2n) is 9.37. The molecule has 0 aliphatic carbocycles. The third kappa shape index (κ3) is 6.57. The van der Waals surface area contributed by atoms with Crippen LogP contribution in [0.3, 0.4) is 0 Å². The van der Waals surface area contributed by atoms with Gasteiger partial charge in [-0.1, -0.05) is 18.2 Å². The van der Waals surface area contributed by atoms with Crippen LogP contribution in [0.4, 0.5) is 0 Å². The van der Waals surface area contributed by atoms with E-state index in [0.717, 1.165) is 42.8 Å². The summed E-state index contributed by atoms with van der Waals surface area (Å²) < 4.78 is 5.79. The number of nitrogens with one attached hydrogen (secondary N) is 1. The van der Waals surface area contributed by atoms with E-state index in [9.17, 15) is 4.79 Å². The van der Waals surface area contributed by atoms with E-state index in [1.807, 2.05) is 54.6 Å². The number of hydrogen-bond acceptors (Lipinski definition) is 4. The highest BCUT2D eigenvalue weighted by Crippen LogP contribution is 2.32. The second kappa shape index (κ2) is 11.5. The minimum Gasteiger partial charge on any atom is -0.457 e. The molecule has 2 fully saturated rings. The number of hydrogen-bond donors (Lipinski definition) is 1. The first-order valence-corrected chi connectivity index (χ1v) is 12.2. The first-order chi connectivity index (χ1) is 15.7. The average molecular weight is 436 g/mol. The standard InChI is InChI=1S/C27H37N3O2/c1-29-18-12-22(13-19-29)23-14-20-30(21-15-23)17-5-16-28-27(31)24-8-10-26(11-9-24)32-25-6-3-2-4-7-25/h2-4,6-11,22-23H,5,12-21H2,1H3,(H,28,31). The highest BCUT2D eigenvalue weighted by Gasteiger charge is 2.28. The lowest BCUT2D eigenvalue weighted by Gasteiger charge is -2.39. The van der Waals surface area contributed by atoms with Crippen molar-refractivity contribution >= 4 is 5.91 Å². The van der Waals surface area contributed by atoms with E-state index in [-0.39, 0.29) is 5.91 Å². The Morgan fingerprint density at radius 2 is 1.47 bits per heavy atom. The predicted octanol–water partition coefficient (Wildman–Crippen LogP) is 4.65. The molecule has 5 heteroatoms. The van der Waals surface area contributed by atoms with Gasteiger partial charge in [-0.25, -0.2) is 0 Å². The monoisotopic (exact) mass is 435 g/mol. The topological polar surface area (TPSA) is 44.8 Å². The van der Waals surface area contributed by atoms with Crippen LogP contribution in [0.1, 0.15) is 42.5 Å². The molecule has 0 radical (unpaired) electrons. The average Bonchev–Trinajstić information content (AvgIpc) is 2.84. The number of rotatable bonds is 8. The summed E-state index contributed by atoms with van der Waals surface area (Å²) in [4.78, 5) is 17.5. The van der Waals surface area contributed by atoms with E-state index in [0.29, 0.717) is 5.56 Å². The first kappa shape index (κ1) is 22.8. The minimum atomic E-state index is -0.0164. The third-order valence-corrected chi connectivity index (χ3v) is 7.09. The fourth-order valence-electron chi connectivity index (χ4n) is 5.05. The molecular formula is C27H37N3O2. The quantitative estimate of drug-likeness (QED) is 0.613. The fourth-order valence-corrected chi connectivity index (χ4v) is 5.05. The van der Waals surface area contributed by atoms with Gasteiger partial charge >= 0.3 is 0 Å². The summed E-state index contributed by atoms with van der Waals surface area (Å²) in [5.74, 6) is 3.37. The van der Waals surface area contributed by atoms with Gasteiger partial charge in [-0.3, -0.25) is 4.79 Å². The molecule has 2 aromatic carbocycles.